The molecule has 146 valence electrons. The van der Waals surface area contributed by atoms with Crippen LogP contribution >= 0.6 is 0 Å². The zero-order chi connectivity index (χ0) is 19.2. The predicted octanol–water partition coefficient (Wildman–Crippen LogP) is 3.45. The van der Waals surface area contributed by atoms with Crippen molar-refractivity contribution in [3.05, 3.63) is 53.7 Å². The molecule has 6 heteroatoms. The third-order valence-corrected chi connectivity index (χ3v) is 4.89. The van der Waals surface area contributed by atoms with Gasteiger partial charge in [0, 0.05) is 25.0 Å². The first-order chi connectivity index (χ1) is 13.8. The summed E-state index contributed by atoms with van der Waals surface area (Å²) in [5, 5.41) is 8.53. The standard InChI is InChI=1S/C22H25N3O3/c1-26-22-16-17(6-8-20-18-4-2-3-5-19(18)23-24-20)7-9-21(22)28-15-12-25-10-13-27-14-11-25/h2-9,16H,10-15H2,1H3,(H,23,24). The molecule has 1 aliphatic rings. The number of nitrogens with one attached hydrogen (secondary N) is 1. The third kappa shape index (κ3) is 4.35. The van der Waals surface area contributed by atoms with Gasteiger partial charge in [0.25, 0.3) is 0 Å². The van der Waals surface area contributed by atoms with Crippen LogP contribution in [-0.4, -0.2) is 61.7 Å². The van der Waals surface area contributed by atoms with Crippen LogP contribution in [-0.2, 0) is 4.74 Å². The Kier molecular flexibility index (Phi) is 5.89. The van der Waals surface area contributed by atoms with Gasteiger partial charge < -0.3 is 14.2 Å². The molecule has 1 fully saturated rings. The van der Waals surface area contributed by atoms with E-state index in [-0.39, 0.29) is 0 Å². The molecule has 0 amide bonds. The molecule has 0 unspecified atom stereocenters. The Balaban J connectivity index is 1.41. The van der Waals surface area contributed by atoms with Gasteiger partial charge in [0.15, 0.2) is 11.5 Å². The van der Waals surface area contributed by atoms with Crippen molar-refractivity contribution in [2.45, 2.75) is 0 Å². The maximum Gasteiger partial charge on any atom is 0.161 e. The fourth-order valence-corrected chi connectivity index (χ4v) is 3.30. The molecule has 2 heterocycles. The Morgan fingerprint density at radius 3 is 2.82 bits per heavy atom. The second kappa shape index (κ2) is 8.91. The van der Waals surface area contributed by atoms with Gasteiger partial charge in [-0.2, -0.15) is 5.10 Å². The molecule has 0 radical (unpaired) electrons. The van der Waals surface area contributed by atoms with Crippen molar-refractivity contribution in [1.29, 1.82) is 0 Å². The quantitative estimate of drug-likeness (QED) is 0.681. The van der Waals surface area contributed by atoms with Crippen LogP contribution in [0.3, 0.4) is 0 Å². The molecule has 4 rings (SSSR count). The number of morpholine rings is 1. The first-order valence-electron chi connectivity index (χ1n) is 9.55. The number of aromatic amines is 1. The van der Waals surface area contributed by atoms with E-state index in [4.69, 9.17) is 14.2 Å². The van der Waals surface area contributed by atoms with Crippen LogP contribution in [0.15, 0.2) is 42.5 Å². The summed E-state index contributed by atoms with van der Waals surface area (Å²) in [5.41, 5.74) is 2.98. The molecule has 0 atom stereocenters. The summed E-state index contributed by atoms with van der Waals surface area (Å²) < 4.78 is 16.8. The van der Waals surface area contributed by atoms with Crippen molar-refractivity contribution < 1.29 is 14.2 Å². The van der Waals surface area contributed by atoms with Crippen LogP contribution in [0.4, 0.5) is 0 Å². The van der Waals surface area contributed by atoms with Gasteiger partial charge in [-0.05, 0) is 29.8 Å². The van der Waals surface area contributed by atoms with E-state index in [9.17, 15) is 0 Å². The van der Waals surface area contributed by atoms with Crippen LogP contribution in [0, 0.1) is 0 Å². The van der Waals surface area contributed by atoms with Crippen LogP contribution in [0.2, 0.25) is 0 Å². The van der Waals surface area contributed by atoms with Crippen molar-refractivity contribution >= 4 is 23.1 Å². The summed E-state index contributed by atoms with van der Waals surface area (Å²) in [4.78, 5) is 2.35. The Labute approximate surface area is 164 Å². The number of benzene rings is 2. The maximum atomic E-state index is 5.94. The van der Waals surface area contributed by atoms with E-state index >= 15 is 0 Å². The van der Waals surface area contributed by atoms with Gasteiger partial charge in [-0.15, -0.1) is 0 Å². The molecule has 0 spiro atoms. The number of H-pyrrole nitrogens is 1. The van der Waals surface area contributed by atoms with Gasteiger partial charge in [-0.25, -0.2) is 0 Å². The molecule has 6 nitrogen and oxygen atoms in total. The van der Waals surface area contributed by atoms with Crippen molar-refractivity contribution in [3.8, 4) is 11.5 Å². The number of ether oxygens (including phenoxy) is 3. The van der Waals surface area contributed by atoms with Crippen LogP contribution in [0.1, 0.15) is 11.3 Å². The molecular formula is C22H25N3O3. The average Bonchev–Trinajstić information content (AvgIpc) is 3.17. The molecule has 2 aromatic carbocycles. The highest BCUT2D eigenvalue weighted by molar-refractivity contribution is 5.89. The SMILES string of the molecule is COc1cc(C=Cc2n[nH]c3ccccc23)ccc1OCCN1CCOCC1. The lowest BCUT2D eigenvalue weighted by Gasteiger charge is -2.26. The molecule has 3 aromatic rings. The van der Waals surface area contributed by atoms with E-state index in [0.29, 0.717) is 6.61 Å². The van der Waals surface area contributed by atoms with E-state index < -0.39 is 0 Å². The van der Waals surface area contributed by atoms with Crippen LogP contribution in [0.25, 0.3) is 23.1 Å². The van der Waals surface area contributed by atoms with Gasteiger partial charge in [-0.3, -0.25) is 10.00 Å². The van der Waals surface area contributed by atoms with E-state index in [1.54, 1.807) is 7.11 Å². The molecule has 0 bridgehead atoms. The molecule has 1 saturated heterocycles. The van der Waals surface area contributed by atoms with Crippen molar-refractivity contribution in [1.82, 2.24) is 15.1 Å². The zero-order valence-corrected chi connectivity index (χ0v) is 16.1. The fraction of sp³-hybridized carbons (Fsp3) is 0.318. The first kappa shape index (κ1) is 18.5. The van der Waals surface area contributed by atoms with E-state index in [1.165, 1.54) is 0 Å². The summed E-state index contributed by atoms with van der Waals surface area (Å²) in [6.45, 7) is 5.05. The lowest BCUT2D eigenvalue weighted by atomic mass is 10.1. The molecular weight excluding hydrogens is 354 g/mol. The van der Waals surface area contributed by atoms with Crippen LogP contribution in [0.5, 0.6) is 11.5 Å². The Hall–Kier alpha value is -2.83. The van der Waals surface area contributed by atoms with Gasteiger partial charge in [0.05, 0.1) is 31.5 Å². The summed E-state index contributed by atoms with van der Waals surface area (Å²) in [6.07, 6.45) is 4.04. The second-order valence-corrected chi connectivity index (χ2v) is 6.70. The zero-order valence-electron chi connectivity index (χ0n) is 16.1. The Bertz CT molecular complexity index is 945. The highest BCUT2D eigenvalue weighted by atomic mass is 16.5. The van der Waals surface area contributed by atoms with Gasteiger partial charge >= 0.3 is 0 Å². The maximum absolute atomic E-state index is 5.94. The first-order valence-corrected chi connectivity index (χ1v) is 9.55. The average molecular weight is 379 g/mol. The van der Waals surface area contributed by atoms with Crippen molar-refractivity contribution in [3.63, 3.8) is 0 Å². The number of para-hydroxylation sites is 1. The van der Waals surface area contributed by atoms with Crippen molar-refractivity contribution in [2.24, 2.45) is 0 Å². The van der Waals surface area contributed by atoms with Crippen LogP contribution < -0.4 is 9.47 Å². The molecule has 1 N–H and O–H groups in total. The molecule has 0 saturated carbocycles. The monoisotopic (exact) mass is 379 g/mol. The Morgan fingerprint density at radius 1 is 1.11 bits per heavy atom. The summed E-state index contributed by atoms with van der Waals surface area (Å²) in [6, 6.07) is 14.1. The molecule has 1 aliphatic heterocycles. The lowest BCUT2D eigenvalue weighted by molar-refractivity contribution is 0.0321. The minimum atomic E-state index is 0.630. The Morgan fingerprint density at radius 2 is 1.96 bits per heavy atom. The van der Waals surface area contributed by atoms with E-state index in [0.717, 1.165) is 66.5 Å². The largest absolute Gasteiger partial charge is 0.493 e. The number of methoxy groups -OCH3 is 1. The minimum Gasteiger partial charge on any atom is -0.493 e. The highest BCUT2D eigenvalue weighted by Gasteiger charge is 2.11. The number of aromatic nitrogens is 2. The van der Waals surface area contributed by atoms with E-state index in [1.807, 2.05) is 48.6 Å². The van der Waals surface area contributed by atoms with Gasteiger partial charge in [0.1, 0.15) is 6.61 Å². The number of rotatable bonds is 7. The molecule has 28 heavy (non-hydrogen) atoms. The molecule has 1 aromatic heterocycles. The number of hydrogen-bond acceptors (Lipinski definition) is 5. The normalized spacial score (nSPS) is 15.3. The van der Waals surface area contributed by atoms with E-state index in [2.05, 4.69) is 21.2 Å². The number of fused-ring (bicyclic) bond motifs is 1. The van der Waals surface area contributed by atoms with Gasteiger partial charge in [-0.1, -0.05) is 30.3 Å². The predicted molar refractivity (Wildman–Crippen MR) is 111 cm³/mol. The smallest absolute Gasteiger partial charge is 0.161 e. The topological polar surface area (TPSA) is 59.6 Å². The number of nitrogens with zero attached hydrogens (tertiary/aromatic N) is 2. The third-order valence-electron chi connectivity index (χ3n) is 4.89. The lowest BCUT2D eigenvalue weighted by Crippen LogP contribution is -2.38. The fourth-order valence-electron chi connectivity index (χ4n) is 3.30. The van der Waals surface area contributed by atoms with Gasteiger partial charge in [0.2, 0.25) is 0 Å². The summed E-state index contributed by atoms with van der Waals surface area (Å²) in [5.74, 6) is 1.49. The molecule has 0 aliphatic carbocycles. The summed E-state index contributed by atoms with van der Waals surface area (Å²) in [7, 11) is 1.67. The highest BCUT2D eigenvalue weighted by Crippen LogP contribution is 2.29. The second-order valence-electron chi connectivity index (χ2n) is 6.70. The minimum absolute atomic E-state index is 0.630. The number of hydrogen-bond donors (Lipinski definition) is 1. The van der Waals surface area contributed by atoms with Crippen molar-refractivity contribution in [2.75, 3.05) is 46.6 Å². The summed E-state index contributed by atoms with van der Waals surface area (Å²) >= 11 is 0.